The lowest BCUT2D eigenvalue weighted by molar-refractivity contribution is -0.131. The van der Waals surface area contributed by atoms with E-state index in [1.807, 2.05) is 6.92 Å². The van der Waals surface area contributed by atoms with E-state index in [1.165, 1.54) is 0 Å². The third kappa shape index (κ3) is 4.94. The second-order valence-electron chi connectivity index (χ2n) is 6.97. The molecule has 4 heteroatoms. The van der Waals surface area contributed by atoms with Gasteiger partial charge in [-0.05, 0) is 38.1 Å². The number of rotatable bonds is 4. The molecule has 0 aliphatic carbocycles. The Balaban J connectivity index is 2.36. The molecule has 0 aromatic rings. The van der Waals surface area contributed by atoms with Gasteiger partial charge < -0.3 is 15.7 Å². The lowest BCUT2D eigenvalue weighted by atomic mass is 9.82. The van der Waals surface area contributed by atoms with Gasteiger partial charge in [-0.1, -0.05) is 20.8 Å². The van der Waals surface area contributed by atoms with Crippen LogP contribution in [0.1, 0.15) is 47.0 Å². The van der Waals surface area contributed by atoms with Gasteiger partial charge in [0.1, 0.15) is 0 Å². The van der Waals surface area contributed by atoms with E-state index in [1.54, 1.807) is 0 Å². The maximum atomic E-state index is 12.1. The summed E-state index contributed by atoms with van der Waals surface area (Å²) in [5.74, 6) is 0.0580. The average molecular weight is 256 g/mol. The summed E-state index contributed by atoms with van der Waals surface area (Å²) in [5.41, 5.74) is -0.236. The molecule has 1 aliphatic rings. The predicted octanol–water partition coefficient (Wildman–Crippen LogP) is 1.29. The summed E-state index contributed by atoms with van der Waals surface area (Å²) in [7, 11) is 0. The van der Waals surface area contributed by atoms with Crippen LogP contribution in [0.4, 0.5) is 0 Å². The monoisotopic (exact) mass is 256 g/mol. The summed E-state index contributed by atoms with van der Waals surface area (Å²) < 4.78 is 0. The molecule has 0 saturated carbocycles. The zero-order chi connectivity index (χ0) is 13.8. The number of hydrogen-bond acceptors (Lipinski definition) is 3. The highest BCUT2D eigenvalue weighted by atomic mass is 16.3. The van der Waals surface area contributed by atoms with Gasteiger partial charge in [0.2, 0.25) is 5.91 Å². The Morgan fingerprint density at radius 1 is 1.50 bits per heavy atom. The Bertz CT molecular complexity index is 278. The highest BCUT2D eigenvalue weighted by molar-refractivity contribution is 5.82. The van der Waals surface area contributed by atoms with E-state index in [4.69, 9.17) is 0 Å². The fraction of sp³-hybridized carbons (Fsp3) is 0.929. The van der Waals surface area contributed by atoms with Crippen LogP contribution < -0.4 is 10.6 Å². The first-order chi connectivity index (χ1) is 8.23. The number of piperidine rings is 1. The van der Waals surface area contributed by atoms with Crippen molar-refractivity contribution in [2.45, 2.75) is 53.1 Å². The van der Waals surface area contributed by atoms with Gasteiger partial charge in [-0.2, -0.15) is 0 Å². The molecule has 2 unspecified atom stereocenters. The van der Waals surface area contributed by atoms with Crippen LogP contribution >= 0.6 is 0 Å². The van der Waals surface area contributed by atoms with Crippen molar-refractivity contribution < 1.29 is 9.90 Å². The van der Waals surface area contributed by atoms with E-state index < -0.39 is 6.10 Å². The Hall–Kier alpha value is -0.610. The smallest absolute Gasteiger partial charge is 0.227 e. The Morgan fingerprint density at radius 3 is 2.67 bits per heavy atom. The first-order valence-electron chi connectivity index (χ1n) is 6.90. The Kier molecular flexibility index (Phi) is 5.17. The van der Waals surface area contributed by atoms with Gasteiger partial charge in [0.15, 0.2) is 0 Å². The van der Waals surface area contributed by atoms with Crippen LogP contribution in [0.3, 0.4) is 0 Å². The van der Waals surface area contributed by atoms with Crippen LogP contribution in [0.2, 0.25) is 0 Å². The molecule has 0 radical (unpaired) electrons. The second-order valence-corrected chi connectivity index (χ2v) is 6.97. The highest BCUT2D eigenvalue weighted by Gasteiger charge is 2.34. The van der Waals surface area contributed by atoms with Gasteiger partial charge in [-0.25, -0.2) is 0 Å². The van der Waals surface area contributed by atoms with Crippen LogP contribution in [0.5, 0.6) is 0 Å². The van der Waals surface area contributed by atoms with Crippen molar-refractivity contribution in [3.8, 4) is 0 Å². The number of hydrogen-bond donors (Lipinski definition) is 3. The molecular weight excluding hydrogens is 228 g/mol. The number of nitrogens with one attached hydrogen (secondary N) is 2. The quantitative estimate of drug-likeness (QED) is 0.710. The maximum Gasteiger partial charge on any atom is 0.227 e. The number of aliphatic hydroxyl groups is 1. The highest BCUT2D eigenvalue weighted by Crippen LogP contribution is 2.25. The minimum absolute atomic E-state index is 0.0580. The molecule has 106 valence electrons. The fourth-order valence-corrected chi connectivity index (χ4v) is 2.45. The number of amides is 1. The fourth-order valence-electron chi connectivity index (χ4n) is 2.45. The Labute approximate surface area is 111 Å². The zero-order valence-corrected chi connectivity index (χ0v) is 12.2. The minimum atomic E-state index is -0.464. The van der Waals surface area contributed by atoms with E-state index in [2.05, 4.69) is 31.4 Å². The summed E-state index contributed by atoms with van der Waals surface area (Å²) in [5, 5.41) is 16.0. The zero-order valence-electron chi connectivity index (χ0n) is 12.2. The standard InChI is InChI=1S/C14H28N2O2/c1-13(2,3)8-11(17)9-16-12(18)14(4)6-5-7-15-10-14/h11,15,17H,5-10H2,1-4H3,(H,16,18). The van der Waals surface area contributed by atoms with Crippen molar-refractivity contribution in [1.82, 2.24) is 10.6 Å². The molecule has 1 aliphatic heterocycles. The van der Waals surface area contributed by atoms with E-state index in [0.29, 0.717) is 13.0 Å². The predicted molar refractivity (Wildman–Crippen MR) is 73.3 cm³/mol. The molecular formula is C14H28N2O2. The summed E-state index contributed by atoms with van der Waals surface area (Å²) >= 11 is 0. The Morgan fingerprint density at radius 2 is 2.17 bits per heavy atom. The van der Waals surface area contributed by atoms with Gasteiger partial charge in [-0.3, -0.25) is 4.79 Å². The van der Waals surface area contributed by atoms with E-state index in [0.717, 1.165) is 25.9 Å². The number of carbonyl (C=O) groups excluding carboxylic acids is 1. The first kappa shape index (κ1) is 15.4. The molecule has 1 heterocycles. The van der Waals surface area contributed by atoms with Crippen molar-refractivity contribution >= 4 is 5.91 Å². The lowest BCUT2D eigenvalue weighted by Crippen LogP contribution is -2.50. The number of carbonyl (C=O) groups is 1. The van der Waals surface area contributed by atoms with Gasteiger partial charge >= 0.3 is 0 Å². The summed E-state index contributed by atoms with van der Waals surface area (Å²) in [4.78, 5) is 12.1. The second kappa shape index (κ2) is 6.02. The molecule has 0 spiro atoms. The van der Waals surface area contributed by atoms with Crippen LogP contribution in [-0.2, 0) is 4.79 Å². The van der Waals surface area contributed by atoms with Crippen molar-refractivity contribution in [3.05, 3.63) is 0 Å². The van der Waals surface area contributed by atoms with Crippen molar-refractivity contribution in [2.24, 2.45) is 10.8 Å². The molecule has 0 aromatic carbocycles. The van der Waals surface area contributed by atoms with Crippen LogP contribution in [0.15, 0.2) is 0 Å². The average Bonchev–Trinajstić information content (AvgIpc) is 2.24. The van der Waals surface area contributed by atoms with Crippen LogP contribution in [0.25, 0.3) is 0 Å². The minimum Gasteiger partial charge on any atom is -0.391 e. The molecule has 3 N–H and O–H groups in total. The molecule has 1 saturated heterocycles. The van der Waals surface area contributed by atoms with Crippen molar-refractivity contribution in [2.75, 3.05) is 19.6 Å². The molecule has 2 atom stereocenters. The largest absolute Gasteiger partial charge is 0.391 e. The topological polar surface area (TPSA) is 61.4 Å². The number of aliphatic hydroxyl groups excluding tert-OH is 1. The summed E-state index contributed by atoms with van der Waals surface area (Å²) in [6.07, 6.45) is 2.19. The third-order valence-corrected chi connectivity index (χ3v) is 3.49. The van der Waals surface area contributed by atoms with Crippen LogP contribution in [0, 0.1) is 10.8 Å². The lowest BCUT2D eigenvalue weighted by Gasteiger charge is -2.33. The SMILES string of the molecule is CC(C)(C)CC(O)CNC(=O)C1(C)CCCNC1. The van der Waals surface area contributed by atoms with Gasteiger partial charge in [0.25, 0.3) is 0 Å². The normalized spacial score (nSPS) is 26.7. The van der Waals surface area contributed by atoms with Crippen molar-refractivity contribution in [1.29, 1.82) is 0 Å². The van der Waals surface area contributed by atoms with E-state index in [-0.39, 0.29) is 16.7 Å². The molecule has 0 bridgehead atoms. The van der Waals surface area contributed by atoms with E-state index in [9.17, 15) is 9.90 Å². The van der Waals surface area contributed by atoms with Gasteiger partial charge in [0, 0.05) is 13.1 Å². The van der Waals surface area contributed by atoms with Gasteiger partial charge in [0.05, 0.1) is 11.5 Å². The maximum absolute atomic E-state index is 12.1. The molecule has 1 rings (SSSR count). The first-order valence-corrected chi connectivity index (χ1v) is 6.90. The van der Waals surface area contributed by atoms with Gasteiger partial charge in [-0.15, -0.1) is 0 Å². The molecule has 1 amide bonds. The summed E-state index contributed by atoms with van der Waals surface area (Å²) in [6.45, 7) is 10.3. The molecule has 0 aromatic heterocycles. The molecule has 1 fully saturated rings. The third-order valence-electron chi connectivity index (χ3n) is 3.49. The molecule has 4 nitrogen and oxygen atoms in total. The van der Waals surface area contributed by atoms with Crippen molar-refractivity contribution in [3.63, 3.8) is 0 Å². The van der Waals surface area contributed by atoms with Crippen LogP contribution in [-0.4, -0.2) is 36.8 Å². The molecule has 18 heavy (non-hydrogen) atoms. The summed E-state index contributed by atoms with van der Waals surface area (Å²) in [6, 6.07) is 0. The van der Waals surface area contributed by atoms with E-state index >= 15 is 0 Å².